The summed E-state index contributed by atoms with van der Waals surface area (Å²) in [5, 5.41) is 10.4. The zero-order valence-electron chi connectivity index (χ0n) is 20.6. The highest BCUT2D eigenvalue weighted by Crippen LogP contribution is 2.16. The van der Waals surface area contributed by atoms with Gasteiger partial charge < -0.3 is 30.7 Å². The molecule has 0 radical (unpaired) electrons. The highest BCUT2D eigenvalue weighted by atomic mass is 16.6. The third-order valence-corrected chi connectivity index (χ3v) is 5.79. The van der Waals surface area contributed by atoms with Gasteiger partial charge in [0, 0.05) is 13.5 Å². The Labute approximate surface area is 210 Å². The Balaban J connectivity index is 1.77. The summed E-state index contributed by atoms with van der Waals surface area (Å²) >= 11 is 0. The van der Waals surface area contributed by atoms with Crippen molar-refractivity contribution in [1.82, 2.24) is 21.3 Å². The van der Waals surface area contributed by atoms with E-state index < -0.39 is 42.1 Å². The van der Waals surface area contributed by atoms with Crippen LogP contribution < -0.4 is 26.0 Å². The second kappa shape index (κ2) is 12.7. The summed E-state index contributed by atoms with van der Waals surface area (Å²) in [7, 11) is 2.99. The van der Waals surface area contributed by atoms with Gasteiger partial charge in [-0.2, -0.15) is 0 Å². The first kappa shape index (κ1) is 26.7. The molecule has 4 amide bonds. The molecule has 36 heavy (non-hydrogen) atoms. The molecule has 0 spiro atoms. The van der Waals surface area contributed by atoms with Crippen molar-refractivity contribution in [2.45, 2.75) is 44.0 Å². The van der Waals surface area contributed by atoms with E-state index in [1.54, 1.807) is 31.4 Å². The van der Waals surface area contributed by atoms with Crippen LogP contribution in [0.25, 0.3) is 0 Å². The van der Waals surface area contributed by atoms with Crippen LogP contribution in [-0.2, 0) is 32.0 Å². The second-order valence-corrected chi connectivity index (χ2v) is 8.53. The van der Waals surface area contributed by atoms with Crippen molar-refractivity contribution < 1.29 is 28.7 Å². The van der Waals surface area contributed by atoms with E-state index in [0.29, 0.717) is 18.8 Å². The number of hydrogen-bond acceptors (Lipinski definition) is 6. The van der Waals surface area contributed by atoms with Crippen LogP contribution in [0.15, 0.2) is 54.6 Å². The minimum Gasteiger partial charge on any atom is -0.497 e. The fraction of sp³-hybridized carbons (Fsp3) is 0.385. The molecule has 192 valence electrons. The standard InChI is InChI=1S/C26H32N4O6/c1-16(28-26(34)27-2)24(32)30-21(14-18-9-11-19(35-3)12-10-18)25(33)29-20(23(31)22-15-36-22)13-17-7-5-4-6-8-17/h4-12,16,20-22H,13-15H2,1-3H3,(H,29,33)(H,30,32)(H2,27,28,34)/t16-,20-,21-,22+/m0/s1. The van der Waals surface area contributed by atoms with Crippen LogP contribution in [0.4, 0.5) is 4.79 Å². The fourth-order valence-corrected chi connectivity index (χ4v) is 3.62. The zero-order chi connectivity index (χ0) is 26.1. The van der Waals surface area contributed by atoms with Crippen molar-refractivity contribution in [1.29, 1.82) is 0 Å². The van der Waals surface area contributed by atoms with E-state index in [1.165, 1.54) is 14.0 Å². The Bertz CT molecular complexity index is 1060. The molecule has 0 unspecified atom stereocenters. The van der Waals surface area contributed by atoms with Gasteiger partial charge in [-0.1, -0.05) is 42.5 Å². The van der Waals surface area contributed by atoms with Gasteiger partial charge in [0.05, 0.1) is 19.8 Å². The number of rotatable bonds is 12. The highest BCUT2D eigenvalue weighted by molar-refractivity contribution is 5.96. The van der Waals surface area contributed by atoms with E-state index in [1.807, 2.05) is 30.3 Å². The average molecular weight is 497 g/mol. The Morgan fingerprint density at radius 3 is 2.06 bits per heavy atom. The Hall–Kier alpha value is -3.92. The smallest absolute Gasteiger partial charge is 0.315 e. The third kappa shape index (κ3) is 7.81. The molecule has 3 rings (SSSR count). The number of epoxide rings is 1. The number of ketones is 1. The molecule has 0 saturated carbocycles. The number of ether oxygens (including phenoxy) is 2. The lowest BCUT2D eigenvalue weighted by Crippen LogP contribution is -2.57. The lowest BCUT2D eigenvalue weighted by atomic mass is 9.99. The minimum absolute atomic E-state index is 0.167. The van der Waals surface area contributed by atoms with Gasteiger partial charge in [-0.05, 0) is 36.6 Å². The van der Waals surface area contributed by atoms with Crippen LogP contribution in [-0.4, -0.2) is 68.6 Å². The van der Waals surface area contributed by atoms with E-state index in [0.717, 1.165) is 11.1 Å². The first-order chi connectivity index (χ1) is 17.3. The Morgan fingerprint density at radius 2 is 1.47 bits per heavy atom. The number of carbonyl (C=O) groups is 4. The van der Waals surface area contributed by atoms with Gasteiger partial charge in [-0.15, -0.1) is 0 Å². The van der Waals surface area contributed by atoms with Gasteiger partial charge in [0.25, 0.3) is 0 Å². The predicted octanol–water partition coefficient (Wildman–Crippen LogP) is 0.735. The van der Waals surface area contributed by atoms with Crippen LogP contribution in [0.2, 0.25) is 0 Å². The Morgan fingerprint density at radius 1 is 0.889 bits per heavy atom. The molecule has 1 heterocycles. The van der Waals surface area contributed by atoms with Crippen LogP contribution in [0.3, 0.4) is 0 Å². The van der Waals surface area contributed by atoms with E-state index in [-0.39, 0.29) is 12.2 Å². The van der Waals surface area contributed by atoms with Gasteiger partial charge >= 0.3 is 6.03 Å². The average Bonchev–Trinajstić information content (AvgIpc) is 3.74. The van der Waals surface area contributed by atoms with E-state index in [9.17, 15) is 19.2 Å². The monoisotopic (exact) mass is 496 g/mol. The lowest BCUT2D eigenvalue weighted by molar-refractivity contribution is -0.132. The molecule has 0 bridgehead atoms. The van der Waals surface area contributed by atoms with Gasteiger partial charge in [-0.25, -0.2) is 4.79 Å². The number of nitrogens with one attached hydrogen (secondary N) is 4. The van der Waals surface area contributed by atoms with Crippen LogP contribution in [0.1, 0.15) is 18.1 Å². The SMILES string of the molecule is CNC(=O)N[C@@H](C)C(=O)N[C@@H](Cc1ccc(OC)cc1)C(=O)N[C@@H](Cc1ccccc1)C(=O)[C@H]1CO1. The largest absolute Gasteiger partial charge is 0.497 e. The second-order valence-electron chi connectivity index (χ2n) is 8.53. The summed E-state index contributed by atoms with van der Waals surface area (Å²) in [6.07, 6.45) is -0.0748. The molecule has 1 aliphatic rings. The number of amides is 4. The van der Waals surface area contributed by atoms with Crippen molar-refractivity contribution in [3.05, 3.63) is 65.7 Å². The van der Waals surface area contributed by atoms with Crippen molar-refractivity contribution in [3.63, 3.8) is 0 Å². The molecular weight excluding hydrogens is 464 g/mol. The molecule has 0 aromatic heterocycles. The van der Waals surface area contributed by atoms with Crippen LogP contribution >= 0.6 is 0 Å². The number of methoxy groups -OCH3 is 1. The van der Waals surface area contributed by atoms with Gasteiger partial charge in [0.2, 0.25) is 11.8 Å². The number of Topliss-reactive ketones (excluding diaryl/α,β-unsaturated/α-hetero) is 1. The number of benzene rings is 2. The van der Waals surface area contributed by atoms with Crippen molar-refractivity contribution >= 4 is 23.6 Å². The van der Waals surface area contributed by atoms with E-state index >= 15 is 0 Å². The normalized spacial score (nSPS) is 16.6. The third-order valence-electron chi connectivity index (χ3n) is 5.79. The van der Waals surface area contributed by atoms with Crippen molar-refractivity contribution in [2.24, 2.45) is 0 Å². The molecule has 4 N–H and O–H groups in total. The topological polar surface area (TPSA) is 138 Å². The lowest BCUT2D eigenvalue weighted by Gasteiger charge is -2.24. The number of urea groups is 1. The van der Waals surface area contributed by atoms with E-state index in [4.69, 9.17) is 9.47 Å². The number of carbonyl (C=O) groups excluding carboxylic acids is 4. The maximum atomic E-state index is 13.4. The molecule has 2 aromatic rings. The quantitative estimate of drug-likeness (QED) is 0.320. The van der Waals surface area contributed by atoms with Gasteiger partial charge in [0.1, 0.15) is 23.9 Å². The molecule has 10 nitrogen and oxygen atoms in total. The summed E-state index contributed by atoms with van der Waals surface area (Å²) in [5.41, 5.74) is 1.66. The molecule has 10 heteroatoms. The number of hydrogen-bond donors (Lipinski definition) is 4. The van der Waals surface area contributed by atoms with Crippen molar-refractivity contribution in [2.75, 3.05) is 20.8 Å². The molecule has 2 aromatic carbocycles. The summed E-state index contributed by atoms with van der Waals surface area (Å²) < 4.78 is 10.3. The molecule has 1 aliphatic heterocycles. The van der Waals surface area contributed by atoms with Gasteiger partial charge in [-0.3, -0.25) is 14.4 Å². The first-order valence-corrected chi connectivity index (χ1v) is 11.7. The maximum absolute atomic E-state index is 13.4. The molecule has 0 aliphatic carbocycles. The summed E-state index contributed by atoms with van der Waals surface area (Å²) in [6, 6.07) is 13.2. The summed E-state index contributed by atoms with van der Waals surface area (Å²) in [5.74, 6) is -0.605. The van der Waals surface area contributed by atoms with Crippen LogP contribution in [0.5, 0.6) is 5.75 Å². The molecule has 1 saturated heterocycles. The summed E-state index contributed by atoms with van der Waals surface area (Å²) in [4.78, 5) is 50.7. The maximum Gasteiger partial charge on any atom is 0.315 e. The minimum atomic E-state index is -0.994. The first-order valence-electron chi connectivity index (χ1n) is 11.7. The highest BCUT2D eigenvalue weighted by Gasteiger charge is 2.38. The summed E-state index contributed by atoms with van der Waals surface area (Å²) in [6.45, 7) is 1.84. The molecule has 4 atom stereocenters. The zero-order valence-corrected chi connectivity index (χ0v) is 20.6. The van der Waals surface area contributed by atoms with Crippen molar-refractivity contribution in [3.8, 4) is 5.75 Å². The molecular formula is C26H32N4O6. The fourth-order valence-electron chi connectivity index (χ4n) is 3.62. The van der Waals surface area contributed by atoms with E-state index in [2.05, 4.69) is 21.3 Å². The molecule has 1 fully saturated rings. The predicted molar refractivity (Wildman–Crippen MR) is 133 cm³/mol. The van der Waals surface area contributed by atoms with Gasteiger partial charge in [0.15, 0.2) is 5.78 Å². The Kier molecular flexibility index (Phi) is 9.40. The van der Waals surface area contributed by atoms with Crippen LogP contribution in [0, 0.1) is 0 Å².